The third-order valence-corrected chi connectivity index (χ3v) is 5.47. The molecule has 2 aromatic rings. The van der Waals surface area contributed by atoms with Crippen molar-refractivity contribution in [1.82, 2.24) is 19.7 Å². The summed E-state index contributed by atoms with van der Waals surface area (Å²) < 4.78 is 39.9. The van der Waals surface area contributed by atoms with Crippen LogP contribution < -0.4 is 0 Å². The molecule has 1 atom stereocenters. The number of pyridine rings is 1. The maximum absolute atomic E-state index is 13.1. The molecule has 11 heteroatoms. The summed E-state index contributed by atoms with van der Waals surface area (Å²) in [6.07, 6.45) is 2.88. The van der Waals surface area contributed by atoms with Crippen molar-refractivity contribution in [2.24, 2.45) is 0 Å². The lowest BCUT2D eigenvalue weighted by atomic mass is 9.98. The van der Waals surface area contributed by atoms with E-state index in [2.05, 4.69) is 16.2 Å². The van der Waals surface area contributed by atoms with E-state index in [-0.39, 0.29) is 12.0 Å². The number of fused-ring (bicyclic) bond motifs is 1. The van der Waals surface area contributed by atoms with Gasteiger partial charge in [0.25, 0.3) is 0 Å². The molecule has 2 aromatic heterocycles. The summed E-state index contributed by atoms with van der Waals surface area (Å²) in [5.41, 5.74) is 3.90. The Morgan fingerprint density at radius 3 is 2.62 bits per heavy atom. The van der Waals surface area contributed by atoms with Crippen molar-refractivity contribution < 1.29 is 32.6 Å². The van der Waals surface area contributed by atoms with Gasteiger partial charge in [-0.15, -0.1) is 0 Å². The molecular formula is C23H27F3N4O4. The van der Waals surface area contributed by atoms with Crippen LogP contribution in [0.25, 0.3) is 0 Å². The summed E-state index contributed by atoms with van der Waals surface area (Å²) in [6, 6.07) is 7.92. The SMILES string of the molecule is Cc1cccc(COC2CN(C(=O)C3=CCCCC3)Cc3ccnn3C2)n1.O=C(O)C(F)(F)F. The highest BCUT2D eigenvalue weighted by molar-refractivity contribution is 5.93. The number of aliphatic carboxylic acids is 1. The molecule has 0 bridgehead atoms. The number of carboxylic acid groups (broad SMARTS) is 1. The average molecular weight is 480 g/mol. The van der Waals surface area contributed by atoms with Crippen molar-refractivity contribution in [1.29, 1.82) is 0 Å². The topological polar surface area (TPSA) is 97.5 Å². The zero-order chi connectivity index (χ0) is 24.7. The molecule has 1 aliphatic carbocycles. The summed E-state index contributed by atoms with van der Waals surface area (Å²) in [4.78, 5) is 28.4. The van der Waals surface area contributed by atoms with Crippen LogP contribution in [0, 0.1) is 6.92 Å². The van der Waals surface area contributed by atoms with Gasteiger partial charge in [-0.1, -0.05) is 12.1 Å². The molecule has 0 fully saturated rings. The summed E-state index contributed by atoms with van der Waals surface area (Å²) in [7, 11) is 0. The van der Waals surface area contributed by atoms with Crippen LogP contribution in [0.5, 0.6) is 0 Å². The molecule has 0 saturated carbocycles. The van der Waals surface area contributed by atoms with Crippen LogP contribution >= 0.6 is 0 Å². The molecule has 184 valence electrons. The number of hydrogen-bond donors (Lipinski definition) is 1. The Morgan fingerprint density at radius 1 is 1.21 bits per heavy atom. The van der Waals surface area contributed by atoms with Gasteiger partial charge >= 0.3 is 12.1 Å². The molecule has 3 heterocycles. The first kappa shape index (κ1) is 25.4. The fourth-order valence-electron chi connectivity index (χ4n) is 3.79. The van der Waals surface area contributed by atoms with Gasteiger partial charge in [0.1, 0.15) is 0 Å². The summed E-state index contributed by atoms with van der Waals surface area (Å²) in [5.74, 6) is -2.61. The Labute approximate surface area is 195 Å². The number of nitrogens with zero attached hydrogens (tertiary/aromatic N) is 4. The first-order valence-electron chi connectivity index (χ1n) is 11.0. The van der Waals surface area contributed by atoms with E-state index in [1.807, 2.05) is 40.8 Å². The predicted molar refractivity (Wildman–Crippen MR) is 115 cm³/mol. The van der Waals surface area contributed by atoms with Crippen molar-refractivity contribution in [3.8, 4) is 0 Å². The van der Waals surface area contributed by atoms with Gasteiger partial charge in [0.15, 0.2) is 0 Å². The lowest BCUT2D eigenvalue weighted by Crippen LogP contribution is -2.38. The molecule has 0 radical (unpaired) electrons. The van der Waals surface area contributed by atoms with Crippen LogP contribution in [0.2, 0.25) is 0 Å². The van der Waals surface area contributed by atoms with Gasteiger partial charge in [-0.3, -0.25) is 14.5 Å². The Balaban J connectivity index is 0.000000406. The fraction of sp³-hybridized carbons (Fsp3) is 0.478. The van der Waals surface area contributed by atoms with E-state index in [1.54, 1.807) is 6.20 Å². The van der Waals surface area contributed by atoms with E-state index >= 15 is 0 Å². The number of halogens is 3. The van der Waals surface area contributed by atoms with E-state index in [9.17, 15) is 18.0 Å². The van der Waals surface area contributed by atoms with Crippen molar-refractivity contribution in [3.63, 3.8) is 0 Å². The number of aryl methyl sites for hydroxylation is 1. The smallest absolute Gasteiger partial charge is 0.475 e. The normalized spacial score (nSPS) is 18.2. The Morgan fingerprint density at radius 2 is 1.97 bits per heavy atom. The highest BCUT2D eigenvalue weighted by Gasteiger charge is 2.38. The number of carbonyl (C=O) groups excluding carboxylic acids is 1. The van der Waals surface area contributed by atoms with Crippen molar-refractivity contribution in [3.05, 3.63) is 59.2 Å². The number of carboxylic acids is 1. The van der Waals surface area contributed by atoms with Gasteiger partial charge < -0.3 is 14.7 Å². The molecule has 1 N–H and O–H groups in total. The molecule has 1 unspecified atom stereocenters. The molecule has 0 aromatic carbocycles. The lowest BCUT2D eigenvalue weighted by molar-refractivity contribution is -0.192. The second kappa shape index (κ2) is 11.3. The van der Waals surface area contributed by atoms with E-state index in [0.29, 0.717) is 26.2 Å². The van der Waals surface area contributed by atoms with Crippen LogP contribution in [0.3, 0.4) is 0 Å². The largest absolute Gasteiger partial charge is 0.490 e. The number of allylic oxidation sites excluding steroid dienone is 1. The third kappa shape index (κ3) is 7.14. The maximum atomic E-state index is 13.1. The monoisotopic (exact) mass is 480 g/mol. The number of rotatable bonds is 4. The van der Waals surface area contributed by atoms with Crippen molar-refractivity contribution >= 4 is 11.9 Å². The summed E-state index contributed by atoms with van der Waals surface area (Å²) >= 11 is 0. The van der Waals surface area contributed by atoms with Gasteiger partial charge in [-0.2, -0.15) is 18.3 Å². The fourth-order valence-corrected chi connectivity index (χ4v) is 3.79. The molecule has 0 saturated heterocycles. The first-order chi connectivity index (χ1) is 16.1. The zero-order valence-electron chi connectivity index (χ0n) is 18.8. The summed E-state index contributed by atoms with van der Waals surface area (Å²) in [5, 5.41) is 11.5. The minimum absolute atomic E-state index is 0.110. The van der Waals surface area contributed by atoms with Gasteiger partial charge in [0.2, 0.25) is 5.91 Å². The van der Waals surface area contributed by atoms with Crippen LogP contribution in [0.1, 0.15) is 42.8 Å². The van der Waals surface area contributed by atoms with Crippen LogP contribution in [-0.4, -0.2) is 55.5 Å². The number of ether oxygens (including phenoxy) is 1. The highest BCUT2D eigenvalue weighted by Crippen LogP contribution is 2.23. The Hall–Kier alpha value is -3.21. The minimum atomic E-state index is -5.08. The second-order valence-electron chi connectivity index (χ2n) is 8.17. The van der Waals surface area contributed by atoms with Gasteiger partial charge in [0, 0.05) is 24.0 Å². The highest BCUT2D eigenvalue weighted by atomic mass is 19.4. The minimum Gasteiger partial charge on any atom is -0.475 e. The standard InChI is InChI=1S/C21H26N4O2.C2HF3O2/c1-16-6-5-9-18(23-16)15-27-20-13-24(12-19-10-11-22-25(19)14-20)21(26)17-7-3-2-4-8-17;3-2(4,5)1(6)7/h5-7,9-11,20H,2-4,8,12-15H2,1H3;(H,6,7). The summed E-state index contributed by atoms with van der Waals surface area (Å²) in [6.45, 7) is 4.22. The van der Waals surface area contributed by atoms with Gasteiger partial charge in [0.05, 0.1) is 37.2 Å². The first-order valence-corrected chi connectivity index (χ1v) is 11.0. The third-order valence-electron chi connectivity index (χ3n) is 5.47. The molecular weight excluding hydrogens is 453 g/mol. The van der Waals surface area contributed by atoms with Crippen LogP contribution in [0.4, 0.5) is 13.2 Å². The number of aromatic nitrogens is 3. The Kier molecular flexibility index (Phi) is 8.43. The number of carbonyl (C=O) groups is 2. The van der Waals surface area contributed by atoms with Crippen molar-refractivity contribution in [2.45, 2.75) is 64.6 Å². The average Bonchev–Trinajstić information content (AvgIpc) is 3.15. The molecule has 0 spiro atoms. The van der Waals surface area contributed by atoms with E-state index in [4.69, 9.17) is 14.6 Å². The van der Waals surface area contributed by atoms with Crippen molar-refractivity contribution in [2.75, 3.05) is 6.54 Å². The Bertz CT molecular complexity index is 1040. The van der Waals surface area contributed by atoms with Gasteiger partial charge in [-0.05, 0) is 50.8 Å². The quantitative estimate of drug-likeness (QED) is 0.718. The maximum Gasteiger partial charge on any atom is 0.490 e. The zero-order valence-corrected chi connectivity index (χ0v) is 18.8. The molecule has 34 heavy (non-hydrogen) atoms. The molecule has 4 rings (SSSR count). The molecule has 8 nitrogen and oxygen atoms in total. The predicted octanol–water partition coefficient (Wildman–Crippen LogP) is 3.65. The second-order valence-corrected chi connectivity index (χ2v) is 8.17. The lowest BCUT2D eigenvalue weighted by Gasteiger charge is -2.26. The van der Waals surface area contributed by atoms with Gasteiger partial charge in [-0.25, -0.2) is 4.79 Å². The van der Waals surface area contributed by atoms with E-state index in [1.165, 1.54) is 6.42 Å². The number of hydrogen-bond acceptors (Lipinski definition) is 5. The number of amides is 1. The molecule has 2 aliphatic rings. The number of alkyl halides is 3. The van der Waals surface area contributed by atoms with E-state index < -0.39 is 12.1 Å². The van der Waals surface area contributed by atoms with Crippen LogP contribution in [0.15, 0.2) is 42.1 Å². The van der Waals surface area contributed by atoms with Crippen LogP contribution in [-0.2, 0) is 34.0 Å². The molecule has 1 aliphatic heterocycles. The molecule has 1 amide bonds. The van der Waals surface area contributed by atoms with E-state index in [0.717, 1.165) is 41.9 Å².